The fourth-order valence-electron chi connectivity index (χ4n) is 3.55. The number of halogens is 1. The molecule has 5 heteroatoms. The molecule has 1 aromatic rings. The average Bonchev–Trinajstić information content (AvgIpc) is 2.68. The van der Waals surface area contributed by atoms with Crippen LogP contribution in [0, 0.1) is 5.41 Å². The molecule has 19 heavy (non-hydrogen) atoms. The third-order valence-corrected chi connectivity index (χ3v) is 5.69. The minimum Gasteiger partial charge on any atom is -0.393 e. The second-order valence-electron chi connectivity index (χ2n) is 5.57. The number of nitrogens with zero attached hydrogens (tertiary/aromatic N) is 1. The highest BCUT2D eigenvalue weighted by atomic mass is 127. The highest BCUT2D eigenvalue weighted by Crippen LogP contribution is 2.48. The van der Waals surface area contributed by atoms with Crippen LogP contribution in [0.15, 0.2) is 24.3 Å². The Morgan fingerprint density at radius 1 is 1.37 bits per heavy atom. The molecule has 0 saturated heterocycles. The lowest BCUT2D eigenvalue weighted by Gasteiger charge is -2.31. The van der Waals surface area contributed by atoms with E-state index in [9.17, 15) is 5.11 Å². The van der Waals surface area contributed by atoms with Gasteiger partial charge in [-0.1, -0.05) is 24.6 Å². The van der Waals surface area contributed by atoms with E-state index in [1.165, 1.54) is 23.5 Å². The molecule has 1 aliphatic heterocycles. The number of anilines is 1. The van der Waals surface area contributed by atoms with Crippen molar-refractivity contribution in [2.45, 2.75) is 38.2 Å². The maximum absolute atomic E-state index is 10.4. The first-order valence-corrected chi connectivity index (χ1v) is 8.32. The first kappa shape index (κ1) is 14.0. The van der Waals surface area contributed by atoms with Crippen molar-refractivity contribution in [3.8, 4) is 0 Å². The predicted molar refractivity (Wildman–Crippen MR) is 87.1 cm³/mol. The van der Waals surface area contributed by atoms with Crippen molar-refractivity contribution in [3.05, 3.63) is 29.8 Å². The summed E-state index contributed by atoms with van der Waals surface area (Å²) in [7, 11) is 0. The van der Waals surface area contributed by atoms with E-state index >= 15 is 0 Å². The molecule has 1 N–H and O–H groups in total. The fourth-order valence-corrected chi connectivity index (χ4v) is 4.62. The van der Waals surface area contributed by atoms with Crippen LogP contribution in [0.2, 0.25) is 0 Å². The topological polar surface area (TPSA) is 32.7 Å². The Morgan fingerprint density at radius 2 is 2.21 bits per heavy atom. The van der Waals surface area contributed by atoms with Gasteiger partial charge in [-0.3, -0.25) is 4.31 Å². The third-order valence-electron chi connectivity index (χ3n) is 4.59. The zero-order valence-electron chi connectivity index (χ0n) is 10.7. The summed E-state index contributed by atoms with van der Waals surface area (Å²) in [4.78, 5) is 0. The van der Waals surface area contributed by atoms with E-state index in [2.05, 4.69) is 28.6 Å². The Morgan fingerprint density at radius 3 is 2.95 bits per heavy atom. The largest absolute Gasteiger partial charge is 0.393 e. The molecule has 2 aliphatic rings. The third kappa shape index (κ3) is 2.62. The SMILES string of the molecule is OC1CCCC12CCN(SOI)c1ccccc1C2. The summed E-state index contributed by atoms with van der Waals surface area (Å²) in [6, 6.07) is 8.50. The Kier molecular flexibility index (Phi) is 4.26. The van der Waals surface area contributed by atoms with Crippen LogP contribution < -0.4 is 4.31 Å². The molecule has 1 heterocycles. The van der Waals surface area contributed by atoms with Crippen LogP contribution in [-0.4, -0.2) is 17.8 Å². The van der Waals surface area contributed by atoms with Crippen molar-refractivity contribution in [2.75, 3.05) is 10.8 Å². The second kappa shape index (κ2) is 5.79. The van der Waals surface area contributed by atoms with Crippen molar-refractivity contribution in [1.29, 1.82) is 0 Å². The van der Waals surface area contributed by atoms with E-state index < -0.39 is 0 Å². The second-order valence-corrected chi connectivity index (χ2v) is 7.36. The van der Waals surface area contributed by atoms with Crippen molar-refractivity contribution in [2.24, 2.45) is 5.41 Å². The van der Waals surface area contributed by atoms with Crippen molar-refractivity contribution >= 4 is 40.9 Å². The molecular weight excluding hydrogens is 373 g/mol. The van der Waals surface area contributed by atoms with E-state index in [-0.39, 0.29) is 11.5 Å². The van der Waals surface area contributed by atoms with Crippen LogP contribution >= 0.6 is 35.2 Å². The zero-order chi connectivity index (χ0) is 13.3. The Bertz CT molecular complexity index is 459. The van der Waals surface area contributed by atoms with Gasteiger partial charge in [0.15, 0.2) is 0 Å². The molecule has 2 atom stereocenters. The molecule has 0 radical (unpaired) electrons. The number of hydrogen-bond donors (Lipinski definition) is 1. The predicted octanol–water partition coefficient (Wildman–Crippen LogP) is 3.90. The van der Waals surface area contributed by atoms with E-state index in [0.29, 0.717) is 0 Å². The first-order valence-electron chi connectivity index (χ1n) is 6.74. The average molecular weight is 391 g/mol. The number of fused-ring (bicyclic) bond motifs is 1. The highest BCUT2D eigenvalue weighted by molar-refractivity contribution is 14.1. The Labute approximate surface area is 132 Å². The standard InChI is InChI=1S/C14H18INO2S/c15-18-19-16-9-8-14(7-3-6-13(14)17)10-11-4-1-2-5-12(11)16/h1-2,4-5,13,17H,3,6-10H2. The molecule has 104 valence electrons. The summed E-state index contributed by atoms with van der Waals surface area (Å²) >= 11 is 3.31. The maximum atomic E-state index is 10.4. The smallest absolute Gasteiger partial charge is 0.129 e. The number of benzene rings is 1. The lowest BCUT2D eigenvalue weighted by molar-refractivity contribution is 0.0491. The summed E-state index contributed by atoms with van der Waals surface area (Å²) in [5.41, 5.74) is 2.65. The van der Waals surface area contributed by atoms with Gasteiger partial charge in [-0.25, -0.2) is 2.51 Å². The zero-order valence-corrected chi connectivity index (χ0v) is 13.7. The van der Waals surface area contributed by atoms with Gasteiger partial charge in [0.1, 0.15) is 35.2 Å². The van der Waals surface area contributed by atoms with Crippen LogP contribution in [0.4, 0.5) is 5.69 Å². The quantitative estimate of drug-likeness (QED) is 0.471. The lowest BCUT2D eigenvalue weighted by atomic mass is 9.76. The summed E-state index contributed by atoms with van der Waals surface area (Å²) < 4.78 is 7.43. The number of aliphatic hydroxyl groups excluding tert-OH is 1. The van der Waals surface area contributed by atoms with Gasteiger partial charge < -0.3 is 5.11 Å². The van der Waals surface area contributed by atoms with E-state index in [1.54, 1.807) is 0 Å². The molecule has 1 fully saturated rings. The molecule has 3 nitrogen and oxygen atoms in total. The monoisotopic (exact) mass is 391 g/mol. The summed E-state index contributed by atoms with van der Waals surface area (Å²) in [6.07, 6.45) is 5.13. The Hall–Kier alpha value is 0.0200. The molecule has 3 rings (SSSR count). The van der Waals surface area contributed by atoms with Crippen LogP contribution in [0.25, 0.3) is 0 Å². The van der Waals surface area contributed by atoms with Crippen molar-refractivity contribution in [3.63, 3.8) is 0 Å². The van der Waals surface area contributed by atoms with Gasteiger partial charge in [0, 0.05) is 12.0 Å². The lowest BCUT2D eigenvalue weighted by Crippen LogP contribution is -2.33. The van der Waals surface area contributed by atoms with E-state index in [1.807, 2.05) is 23.0 Å². The molecule has 1 aliphatic carbocycles. The maximum Gasteiger partial charge on any atom is 0.129 e. The summed E-state index contributed by atoms with van der Waals surface area (Å²) in [6.45, 7) is 0.932. The molecule has 0 aromatic heterocycles. The van der Waals surface area contributed by atoms with Crippen LogP contribution in [0.3, 0.4) is 0 Å². The van der Waals surface area contributed by atoms with Crippen molar-refractivity contribution < 1.29 is 7.62 Å². The molecule has 2 unspecified atom stereocenters. The van der Waals surface area contributed by atoms with E-state index in [0.717, 1.165) is 38.6 Å². The van der Waals surface area contributed by atoms with Crippen LogP contribution in [-0.2, 0) is 8.93 Å². The molecule has 1 aromatic carbocycles. The van der Waals surface area contributed by atoms with Gasteiger partial charge in [-0.15, -0.1) is 0 Å². The number of aliphatic hydroxyl groups is 1. The molecule has 1 saturated carbocycles. The number of hydrogen-bond acceptors (Lipinski definition) is 4. The summed E-state index contributed by atoms with van der Waals surface area (Å²) in [5, 5.41) is 10.4. The molecule has 0 amide bonds. The first-order chi connectivity index (χ1) is 9.25. The summed E-state index contributed by atoms with van der Waals surface area (Å²) in [5.74, 6) is 0. The number of rotatable bonds is 2. The van der Waals surface area contributed by atoms with Crippen LogP contribution in [0.5, 0.6) is 0 Å². The molecular formula is C14H18INO2S. The van der Waals surface area contributed by atoms with Gasteiger partial charge in [-0.2, -0.15) is 0 Å². The van der Waals surface area contributed by atoms with Gasteiger partial charge in [0.25, 0.3) is 0 Å². The van der Waals surface area contributed by atoms with Gasteiger partial charge in [0.05, 0.1) is 11.8 Å². The molecule has 1 spiro atoms. The number of para-hydroxylation sites is 1. The van der Waals surface area contributed by atoms with E-state index in [4.69, 9.17) is 2.51 Å². The van der Waals surface area contributed by atoms with Gasteiger partial charge in [-0.05, 0) is 37.3 Å². The molecule has 0 bridgehead atoms. The van der Waals surface area contributed by atoms with Gasteiger partial charge >= 0.3 is 0 Å². The van der Waals surface area contributed by atoms with Crippen LogP contribution in [0.1, 0.15) is 31.2 Å². The minimum atomic E-state index is -0.147. The van der Waals surface area contributed by atoms with Crippen molar-refractivity contribution in [1.82, 2.24) is 0 Å². The van der Waals surface area contributed by atoms with Gasteiger partial charge in [0.2, 0.25) is 0 Å². The normalized spacial score (nSPS) is 30.4. The Balaban J connectivity index is 1.95. The highest BCUT2D eigenvalue weighted by Gasteiger charge is 2.44. The minimum absolute atomic E-state index is 0.0800. The fraction of sp³-hybridized carbons (Fsp3) is 0.571.